The molecule has 8 heteroatoms. The number of hydrogen-bond donors (Lipinski definition) is 3. The van der Waals surface area contributed by atoms with Crippen LogP contribution >= 0.6 is 0 Å². The third-order valence-corrected chi connectivity index (χ3v) is 6.88. The standard InChI is InChI=1S/C22H28N2O5S/c1-13-14(2)20-18(15(3)19(13)25)9-11-22(4,29-20)21(26)24-12-10-16-5-7-17(8-6-16)30(23,27)28/h5-8,25H,9-12H2,1-4H3,(H,24,26)(H2,23,27,28). The lowest BCUT2D eigenvalue weighted by atomic mass is 9.86. The van der Waals surface area contributed by atoms with E-state index in [0.717, 1.165) is 27.8 Å². The quantitative estimate of drug-likeness (QED) is 0.670. The van der Waals surface area contributed by atoms with Crippen molar-refractivity contribution in [2.24, 2.45) is 5.14 Å². The Morgan fingerprint density at radius 3 is 2.40 bits per heavy atom. The minimum atomic E-state index is -3.72. The van der Waals surface area contributed by atoms with Gasteiger partial charge in [-0.1, -0.05) is 12.1 Å². The van der Waals surface area contributed by atoms with Gasteiger partial charge in [-0.2, -0.15) is 0 Å². The number of primary sulfonamides is 1. The Morgan fingerprint density at radius 2 is 1.80 bits per heavy atom. The maximum atomic E-state index is 12.9. The Labute approximate surface area is 177 Å². The molecule has 4 N–H and O–H groups in total. The van der Waals surface area contributed by atoms with E-state index < -0.39 is 15.6 Å². The second-order valence-corrected chi connectivity index (χ2v) is 9.62. The number of phenols is 1. The number of ether oxygens (including phenoxy) is 1. The molecule has 1 aliphatic rings. The minimum absolute atomic E-state index is 0.0593. The lowest BCUT2D eigenvalue weighted by molar-refractivity contribution is -0.136. The molecule has 0 fully saturated rings. The predicted octanol–water partition coefficient (Wildman–Crippen LogP) is 2.41. The van der Waals surface area contributed by atoms with E-state index in [9.17, 15) is 18.3 Å². The van der Waals surface area contributed by atoms with Crippen molar-refractivity contribution in [3.05, 3.63) is 52.1 Å². The molecule has 0 saturated carbocycles. The van der Waals surface area contributed by atoms with Crippen LogP contribution < -0.4 is 15.2 Å². The Bertz CT molecular complexity index is 1090. The van der Waals surface area contributed by atoms with Gasteiger partial charge in [0.05, 0.1) is 4.90 Å². The monoisotopic (exact) mass is 432 g/mol. The first-order valence-electron chi connectivity index (χ1n) is 9.84. The van der Waals surface area contributed by atoms with Gasteiger partial charge in [-0.15, -0.1) is 0 Å². The van der Waals surface area contributed by atoms with Gasteiger partial charge >= 0.3 is 0 Å². The second-order valence-electron chi connectivity index (χ2n) is 8.06. The van der Waals surface area contributed by atoms with Gasteiger partial charge in [0.2, 0.25) is 10.0 Å². The molecule has 0 bridgehead atoms. The molecule has 0 spiro atoms. The predicted molar refractivity (Wildman–Crippen MR) is 114 cm³/mol. The van der Waals surface area contributed by atoms with E-state index in [1.165, 1.54) is 12.1 Å². The molecule has 30 heavy (non-hydrogen) atoms. The zero-order valence-corrected chi connectivity index (χ0v) is 18.5. The lowest BCUT2D eigenvalue weighted by Gasteiger charge is -2.36. The van der Waals surface area contributed by atoms with Crippen molar-refractivity contribution in [1.29, 1.82) is 0 Å². The van der Waals surface area contributed by atoms with Crippen LogP contribution in [-0.4, -0.2) is 31.6 Å². The van der Waals surface area contributed by atoms with Crippen LogP contribution in [0.15, 0.2) is 29.2 Å². The number of sulfonamides is 1. The van der Waals surface area contributed by atoms with Gasteiger partial charge in [-0.05, 0) is 74.9 Å². The molecule has 3 rings (SSSR count). The molecular formula is C22H28N2O5S. The molecule has 0 aliphatic carbocycles. The van der Waals surface area contributed by atoms with Crippen LogP contribution in [0.5, 0.6) is 11.5 Å². The molecule has 7 nitrogen and oxygen atoms in total. The molecule has 1 atom stereocenters. The third-order valence-electron chi connectivity index (χ3n) is 5.95. The molecule has 1 heterocycles. The number of hydrogen-bond acceptors (Lipinski definition) is 5. The van der Waals surface area contributed by atoms with Crippen molar-refractivity contribution in [3.63, 3.8) is 0 Å². The summed E-state index contributed by atoms with van der Waals surface area (Å²) in [6.45, 7) is 7.78. The molecular weight excluding hydrogens is 404 g/mol. The maximum Gasteiger partial charge on any atom is 0.263 e. The third kappa shape index (κ3) is 4.15. The molecule has 2 aromatic rings. The van der Waals surface area contributed by atoms with E-state index in [-0.39, 0.29) is 16.6 Å². The van der Waals surface area contributed by atoms with Crippen LogP contribution in [0.2, 0.25) is 0 Å². The van der Waals surface area contributed by atoms with Crippen LogP contribution in [0, 0.1) is 20.8 Å². The topological polar surface area (TPSA) is 119 Å². The summed E-state index contributed by atoms with van der Waals surface area (Å²) in [6.07, 6.45) is 1.71. The minimum Gasteiger partial charge on any atom is -0.507 e. The first-order valence-corrected chi connectivity index (χ1v) is 11.4. The summed E-state index contributed by atoms with van der Waals surface area (Å²) in [7, 11) is -3.72. The van der Waals surface area contributed by atoms with E-state index in [4.69, 9.17) is 9.88 Å². The number of carbonyl (C=O) groups is 1. The first-order chi connectivity index (χ1) is 13.9. The summed E-state index contributed by atoms with van der Waals surface area (Å²) < 4.78 is 28.8. The van der Waals surface area contributed by atoms with Gasteiger partial charge in [0, 0.05) is 18.5 Å². The smallest absolute Gasteiger partial charge is 0.263 e. The molecule has 0 radical (unpaired) electrons. The number of aromatic hydroxyl groups is 1. The van der Waals surface area contributed by atoms with Crippen molar-refractivity contribution < 1.29 is 23.1 Å². The molecule has 2 aromatic carbocycles. The molecule has 162 valence electrons. The van der Waals surface area contributed by atoms with Crippen molar-refractivity contribution in [2.45, 2.75) is 57.5 Å². The van der Waals surface area contributed by atoms with Gasteiger partial charge in [0.25, 0.3) is 5.91 Å². The van der Waals surface area contributed by atoms with Gasteiger partial charge in [0.1, 0.15) is 11.5 Å². The fourth-order valence-corrected chi connectivity index (χ4v) is 4.28. The van der Waals surface area contributed by atoms with E-state index in [0.29, 0.717) is 31.6 Å². The van der Waals surface area contributed by atoms with Crippen LogP contribution in [0.4, 0.5) is 0 Å². The number of benzene rings is 2. The second kappa shape index (κ2) is 7.92. The summed E-state index contributed by atoms with van der Waals surface area (Å²) in [6, 6.07) is 6.28. The van der Waals surface area contributed by atoms with Gasteiger partial charge < -0.3 is 15.2 Å². The lowest BCUT2D eigenvalue weighted by Crippen LogP contribution is -2.51. The fraction of sp³-hybridized carbons (Fsp3) is 0.409. The van der Waals surface area contributed by atoms with Crippen LogP contribution in [0.3, 0.4) is 0 Å². The summed E-state index contributed by atoms with van der Waals surface area (Å²) in [5.74, 6) is 0.777. The highest BCUT2D eigenvalue weighted by Crippen LogP contribution is 2.43. The van der Waals surface area contributed by atoms with Crippen molar-refractivity contribution in [2.75, 3.05) is 6.54 Å². The van der Waals surface area contributed by atoms with Crippen LogP contribution in [0.25, 0.3) is 0 Å². The number of fused-ring (bicyclic) bond motifs is 1. The molecule has 0 saturated heterocycles. The highest BCUT2D eigenvalue weighted by atomic mass is 32.2. The van der Waals surface area contributed by atoms with Crippen molar-refractivity contribution >= 4 is 15.9 Å². The Morgan fingerprint density at radius 1 is 1.17 bits per heavy atom. The number of carbonyl (C=O) groups excluding carboxylic acids is 1. The van der Waals surface area contributed by atoms with E-state index in [1.807, 2.05) is 20.8 Å². The highest BCUT2D eigenvalue weighted by molar-refractivity contribution is 7.89. The van der Waals surface area contributed by atoms with E-state index in [1.54, 1.807) is 19.1 Å². The summed E-state index contributed by atoms with van der Waals surface area (Å²) in [4.78, 5) is 12.9. The zero-order chi connectivity index (χ0) is 22.3. The SMILES string of the molecule is Cc1c(C)c2c(c(C)c1O)CCC(C)(C(=O)NCCc1ccc(S(N)(=O)=O)cc1)O2. The van der Waals surface area contributed by atoms with Crippen LogP contribution in [-0.2, 0) is 27.7 Å². The number of nitrogens with one attached hydrogen (secondary N) is 1. The Balaban J connectivity index is 1.67. The Kier molecular flexibility index (Phi) is 5.84. The average Bonchev–Trinajstić information content (AvgIpc) is 2.70. The molecule has 0 aromatic heterocycles. The van der Waals surface area contributed by atoms with Crippen LogP contribution in [0.1, 0.15) is 41.2 Å². The largest absolute Gasteiger partial charge is 0.507 e. The average molecular weight is 433 g/mol. The number of amides is 1. The maximum absolute atomic E-state index is 12.9. The summed E-state index contributed by atoms with van der Waals surface area (Å²) >= 11 is 0. The fourth-order valence-electron chi connectivity index (χ4n) is 3.76. The summed E-state index contributed by atoms with van der Waals surface area (Å²) in [5.41, 5.74) is 3.26. The number of nitrogens with two attached hydrogens (primary N) is 1. The summed E-state index contributed by atoms with van der Waals surface area (Å²) in [5, 5.41) is 18.3. The van der Waals surface area contributed by atoms with Gasteiger partial charge in [-0.3, -0.25) is 4.79 Å². The molecule has 1 unspecified atom stereocenters. The first kappa shape index (κ1) is 22.1. The zero-order valence-electron chi connectivity index (χ0n) is 17.7. The van der Waals surface area contributed by atoms with Gasteiger partial charge in [0.15, 0.2) is 5.60 Å². The number of rotatable bonds is 5. The molecule has 1 amide bonds. The van der Waals surface area contributed by atoms with Gasteiger partial charge in [-0.25, -0.2) is 13.6 Å². The normalized spacial score (nSPS) is 18.4. The van der Waals surface area contributed by atoms with Crippen molar-refractivity contribution in [3.8, 4) is 11.5 Å². The Hall–Kier alpha value is -2.58. The molecule has 1 aliphatic heterocycles. The van der Waals surface area contributed by atoms with Crippen molar-refractivity contribution in [1.82, 2.24) is 5.32 Å². The van der Waals surface area contributed by atoms with E-state index >= 15 is 0 Å². The number of phenolic OH excluding ortho intramolecular Hbond substituents is 1. The van der Waals surface area contributed by atoms with E-state index in [2.05, 4.69) is 5.32 Å². The highest BCUT2D eigenvalue weighted by Gasteiger charge is 2.40.